The van der Waals surface area contributed by atoms with Gasteiger partial charge in [0, 0.05) is 18.5 Å². The molecule has 2 nitrogen and oxygen atoms in total. The predicted molar refractivity (Wildman–Crippen MR) is 62.8 cm³/mol. The lowest BCUT2D eigenvalue weighted by Crippen LogP contribution is -2.57. The van der Waals surface area contributed by atoms with Crippen LogP contribution in [0.1, 0.15) is 39.0 Å². The molecular formula is C13H23NO. The van der Waals surface area contributed by atoms with E-state index in [0.29, 0.717) is 12.0 Å². The number of nitrogens with zero attached hydrogens (tertiary/aromatic N) is 1. The van der Waals surface area contributed by atoms with Gasteiger partial charge in [0.2, 0.25) is 0 Å². The molecule has 1 aliphatic heterocycles. The maximum absolute atomic E-state index is 10.5. The number of fused-ring (bicyclic) bond motifs is 1. The number of piperidine rings is 1. The second-order valence-corrected chi connectivity index (χ2v) is 5.03. The van der Waals surface area contributed by atoms with Crippen molar-refractivity contribution in [1.29, 1.82) is 0 Å². The van der Waals surface area contributed by atoms with Crippen LogP contribution in [0.4, 0.5) is 0 Å². The predicted octanol–water partition coefficient (Wildman–Crippen LogP) is 2.19. The van der Waals surface area contributed by atoms with Crippen molar-refractivity contribution >= 4 is 0 Å². The van der Waals surface area contributed by atoms with Gasteiger partial charge in [-0.1, -0.05) is 25.8 Å². The van der Waals surface area contributed by atoms with Gasteiger partial charge in [-0.2, -0.15) is 0 Å². The molecular weight excluding hydrogens is 186 g/mol. The Morgan fingerprint density at radius 3 is 2.87 bits per heavy atom. The van der Waals surface area contributed by atoms with E-state index in [1.165, 1.54) is 25.7 Å². The summed E-state index contributed by atoms with van der Waals surface area (Å²) in [5, 5.41) is 10.5. The van der Waals surface area contributed by atoms with Gasteiger partial charge in [-0.25, -0.2) is 0 Å². The van der Waals surface area contributed by atoms with Gasteiger partial charge in [-0.15, -0.1) is 6.58 Å². The van der Waals surface area contributed by atoms with Crippen molar-refractivity contribution in [3.63, 3.8) is 0 Å². The molecule has 0 amide bonds. The van der Waals surface area contributed by atoms with Gasteiger partial charge in [-0.05, 0) is 25.8 Å². The van der Waals surface area contributed by atoms with E-state index in [2.05, 4.69) is 18.4 Å². The molecule has 1 aliphatic carbocycles. The molecule has 0 spiro atoms. The average Bonchev–Trinajstić information content (AvgIpc) is 2.30. The van der Waals surface area contributed by atoms with Crippen LogP contribution in [0.15, 0.2) is 12.7 Å². The van der Waals surface area contributed by atoms with E-state index in [0.717, 1.165) is 19.5 Å². The number of rotatable bonds is 2. The fraction of sp³-hybridized carbons (Fsp3) is 0.846. The molecule has 86 valence electrons. The average molecular weight is 209 g/mol. The molecule has 2 fully saturated rings. The van der Waals surface area contributed by atoms with Crippen molar-refractivity contribution in [1.82, 2.24) is 4.90 Å². The summed E-state index contributed by atoms with van der Waals surface area (Å²) in [5.74, 6) is 0.428. The molecule has 0 aromatic heterocycles. The van der Waals surface area contributed by atoms with E-state index >= 15 is 0 Å². The summed E-state index contributed by atoms with van der Waals surface area (Å²) in [6.45, 7) is 8.20. The maximum atomic E-state index is 10.5. The Morgan fingerprint density at radius 2 is 2.20 bits per heavy atom. The molecule has 0 bridgehead atoms. The largest absolute Gasteiger partial charge is 0.385 e. The standard InChI is InChI=1S/C13H23NO/c1-3-13(15)9-10-14(4-2)12-8-6-5-7-11(12)13/h3,11-12,15H,1,4-10H2,2H3. The SMILES string of the molecule is C=CC1(O)CCN(CC)C2CCCCC21. The van der Waals surface area contributed by atoms with Crippen LogP contribution in [-0.2, 0) is 0 Å². The minimum absolute atomic E-state index is 0.428. The Labute approximate surface area is 93.0 Å². The summed E-state index contributed by atoms with van der Waals surface area (Å²) in [6, 6.07) is 0.598. The van der Waals surface area contributed by atoms with E-state index < -0.39 is 5.60 Å². The van der Waals surface area contributed by atoms with Gasteiger partial charge in [-0.3, -0.25) is 0 Å². The third kappa shape index (κ3) is 1.85. The van der Waals surface area contributed by atoms with E-state index in [-0.39, 0.29) is 0 Å². The lowest BCUT2D eigenvalue weighted by Gasteiger charge is -2.51. The Morgan fingerprint density at radius 1 is 1.47 bits per heavy atom. The second-order valence-electron chi connectivity index (χ2n) is 5.03. The minimum atomic E-state index is -0.587. The van der Waals surface area contributed by atoms with E-state index in [1.54, 1.807) is 6.08 Å². The molecule has 3 unspecified atom stereocenters. The summed E-state index contributed by atoms with van der Waals surface area (Å²) < 4.78 is 0. The fourth-order valence-corrected chi connectivity index (χ4v) is 3.45. The van der Waals surface area contributed by atoms with Crippen LogP contribution in [0.25, 0.3) is 0 Å². The van der Waals surface area contributed by atoms with Crippen LogP contribution in [0, 0.1) is 5.92 Å². The lowest BCUT2D eigenvalue weighted by molar-refractivity contribution is -0.0824. The third-order valence-corrected chi connectivity index (χ3v) is 4.40. The molecule has 15 heavy (non-hydrogen) atoms. The smallest absolute Gasteiger partial charge is 0.0880 e. The molecule has 2 heteroatoms. The number of hydrogen-bond acceptors (Lipinski definition) is 2. The quantitative estimate of drug-likeness (QED) is 0.705. The van der Waals surface area contributed by atoms with Gasteiger partial charge in [0.05, 0.1) is 5.60 Å². The third-order valence-electron chi connectivity index (χ3n) is 4.40. The van der Waals surface area contributed by atoms with Crippen LogP contribution < -0.4 is 0 Å². The molecule has 0 aromatic carbocycles. The van der Waals surface area contributed by atoms with Crippen molar-refractivity contribution in [2.24, 2.45) is 5.92 Å². The first-order valence-corrected chi connectivity index (χ1v) is 6.31. The number of hydrogen-bond donors (Lipinski definition) is 1. The topological polar surface area (TPSA) is 23.5 Å². The number of likely N-dealkylation sites (tertiary alicyclic amines) is 1. The normalized spacial score (nSPS) is 42.3. The molecule has 3 atom stereocenters. The van der Waals surface area contributed by atoms with Crippen LogP contribution in [-0.4, -0.2) is 34.7 Å². The van der Waals surface area contributed by atoms with Gasteiger partial charge in [0.25, 0.3) is 0 Å². The Kier molecular flexibility index (Phi) is 3.17. The first-order chi connectivity index (χ1) is 7.21. The van der Waals surface area contributed by atoms with Crippen LogP contribution in [0.3, 0.4) is 0 Å². The highest BCUT2D eigenvalue weighted by Crippen LogP contribution is 2.41. The molecule has 0 radical (unpaired) electrons. The number of aliphatic hydroxyl groups is 1. The van der Waals surface area contributed by atoms with Crippen molar-refractivity contribution in [2.45, 2.75) is 50.7 Å². The monoisotopic (exact) mass is 209 g/mol. The van der Waals surface area contributed by atoms with Crippen LogP contribution in [0.5, 0.6) is 0 Å². The maximum Gasteiger partial charge on any atom is 0.0880 e. The van der Waals surface area contributed by atoms with Gasteiger partial charge >= 0.3 is 0 Å². The first kappa shape index (κ1) is 11.2. The van der Waals surface area contributed by atoms with Crippen molar-refractivity contribution in [3.8, 4) is 0 Å². The highest BCUT2D eigenvalue weighted by Gasteiger charge is 2.45. The summed E-state index contributed by atoms with van der Waals surface area (Å²) in [4.78, 5) is 2.54. The highest BCUT2D eigenvalue weighted by atomic mass is 16.3. The van der Waals surface area contributed by atoms with E-state index in [9.17, 15) is 5.11 Å². The van der Waals surface area contributed by atoms with Crippen LogP contribution >= 0.6 is 0 Å². The zero-order valence-corrected chi connectivity index (χ0v) is 9.78. The van der Waals surface area contributed by atoms with E-state index in [4.69, 9.17) is 0 Å². The van der Waals surface area contributed by atoms with Crippen molar-refractivity contribution in [3.05, 3.63) is 12.7 Å². The van der Waals surface area contributed by atoms with Crippen molar-refractivity contribution < 1.29 is 5.11 Å². The molecule has 1 heterocycles. The Hall–Kier alpha value is -0.340. The summed E-state index contributed by atoms with van der Waals surface area (Å²) in [6.07, 6.45) is 7.69. The second kappa shape index (κ2) is 4.26. The van der Waals surface area contributed by atoms with Gasteiger partial charge in [0.15, 0.2) is 0 Å². The molecule has 1 N–H and O–H groups in total. The Bertz CT molecular complexity index is 241. The zero-order chi connectivity index (χ0) is 10.9. The Balaban J connectivity index is 2.19. The fourth-order valence-electron chi connectivity index (χ4n) is 3.45. The lowest BCUT2D eigenvalue weighted by atomic mass is 9.69. The van der Waals surface area contributed by atoms with Crippen LogP contribution in [0.2, 0.25) is 0 Å². The van der Waals surface area contributed by atoms with Gasteiger partial charge < -0.3 is 10.0 Å². The zero-order valence-electron chi connectivity index (χ0n) is 9.78. The minimum Gasteiger partial charge on any atom is -0.385 e. The molecule has 1 saturated carbocycles. The molecule has 2 rings (SSSR count). The van der Waals surface area contributed by atoms with Gasteiger partial charge in [0.1, 0.15) is 0 Å². The summed E-state index contributed by atoms with van der Waals surface area (Å²) in [5.41, 5.74) is -0.587. The first-order valence-electron chi connectivity index (χ1n) is 6.31. The highest BCUT2D eigenvalue weighted by molar-refractivity contribution is 5.08. The summed E-state index contributed by atoms with van der Waals surface area (Å²) in [7, 11) is 0. The molecule has 0 aromatic rings. The van der Waals surface area contributed by atoms with Crippen molar-refractivity contribution in [2.75, 3.05) is 13.1 Å². The molecule has 2 aliphatic rings. The molecule has 1 saturated heterocycles. The van der Waals surface area contributed by atoms with E-state index in [1.807, 2.05) is 0 Å². The summed E-state index contributed by atoms with van der Waals surface area (Å²) >= 11 is 0.